The lowest BCUT2D eigenvalue weighted by Crippen LogP contribution is -2.20. The van der Waals surface area contributed by atoms with E-state index in [-0.39, 0.29) is 6.04 Å². The number of nitrogens with zero attached hydrogens (tertiary/aromatic N) is 1. The Labute approximate surface area is 95.6 Å². The van der Waals surface area contributed by atoms with Crippen molar-refractivity contribution in [2.45, 2.75) is 13.0 Å². The van der Waals surface area contributed by atoms with Crippen LogP contribution in [-0.4, -0.2) is 30.6 Å². The van der Waals surface area contributed by atoms with Crippen molar-refractivity contribution in [3.05, 3.63) is 24.0 Å². The van der Waals surface area contributed by atoms with E-state index in [2.05, 4.69) is 17.2 Å². The van der Waals surface area contributed by atoms with Crippen molar-refractivity contribution in [2.75, 3.05) is 25.7 Å². The van der Waals surface area contributed by atoms with Gasteiger partial charge in [0.1, 0.15) is 5.75 Å². The zero-order chi connectivity index (χ0) is 11.1. The topological polar surface area (TPSA) is 34.2 Å². The molecule has 1 N–H and O–H groups in total. The molecule has 84 valence electrons. The minimum absolute atomic E-state index is 0.256. The van der Waals surface area contributed by atoms with Gasteiger partial charge in [-0.1, -0.05) is 6.92 Å². The highest BCUT2D eigenvalue weighted by Crippen LogP contribution is 2.24. The largest absolute Gasteiger partial charge is 0.495 e. The number of thioether (sulfide) groups is 1. The molecule has 15 heavy (non-hydrogen) atoms. The Morgan fingerprint density at radius 2 is 2.40 bits per heavy atom. The molecule has 0 spiro atoms. The van der Waals surface area contributed by atoms with Crippen LogP contribution in [0.3, 0.4) is 0 Å². The normalized spacial score (nSPS) is 12.5. The first kappa shape index (κ1) is 12.3. The maximum Gasteiger partial charge on any atom is 0.142 e. The van der Waals surface area contributed by atoms with E-state index in [9.17, 15) is 0 Å². The molecule has 0 aromatic carbocycles. The first-order valence-electron chi connectivity index (χ1n) is 5.07. The second kappa shape index (κ2) is 6.69. The standard InChI is InChI=1S/C11H18N2OS/c1-4-15-8-9(12-2)11-10(14-3)6-5-7-13-11/h5-7,9,12H,4,8H2,1-3H3. The highest BCUT2D eigenvalue weighted by molar-refractivity contribution is 7.99. The second-order valence-electron chi connectivity index (χ2n) is 3.09. The summed E-state index contributed by atoms with van der Waals surface area (Å²) in [4.78, 5) is 4.37. The van der Waals surface area contributed by atoms with Crippen LogP contribution in [0.15, 0.2) is 18.3 Å². The predicted molar refractivity (Wildman–Crippen MR) is 65.6 cm³/mol. The highest BCUT2D eigenvalue weighted by atomic mass is 32.2. The Hall–Kier alpha value is -0.740. The Bertz CT molecular complexity index is 294. The molecule has 0 saturated carbocycles. The summed E-state index contributed by atoms with van der Waals surface area (Å²) in [6, 6.07) is 4.09. The molecule has 3 nitrogen and oxygen atoms in total. The van der Waals surface area contributed by atoms with E-state index in [0.717, 1.165) is 22.9 Å². The predicted octanol–water partition coefficient (Wildman–Crippen LogP) is 2.10. The number of pyridine rings is 1. The molecule has 0 aliphatic rings. The molecule has 0 bridgehead atoms. The van der Waals surface area contributed by atoms with Crippen molar-refractivity contribution in [2.24, 2.45) is 0 Å². The molecular weight excluding hydrogens is 208 g/mol. The van der Waals surface area contributed by atoms with Gasteiger partial charge in [-0.25, -0.2) is 0 Å². The van der Waals surface area contributed by atoms with Crippen molar-refractivity contribution < 1.29 is 4.74 Å². The molecule has 1 aromatic rings. The van der Waals surface area contributed by atoms with Crippen LogP contribution in [-0.2, 0) is 0 Å². The van der Waals surface area contributed by atoms with Gasteiger partial charge in [-0.2, -0.15) is 11.8 Å². The number of aromatic nitrogens is 1. The SMILES string of the molecule is CCSCC(NC)c1ncccc1OC. The third-order valence-corrected chi connectivity index (χ3v) is 3.16. The summed E-state index contributed by atoms with van der Waals surface area (Å²) in [6.45, 7) is 2.16. The number of ether oxygens (including phenoxy) is 1. The van der Waals surface area contributed by atoms with Crippen LogP contribution < -0.4 is 10.1 Å². The van der Waals surface area contributed by atoms with Gasteiger partial charge in [-0.05, 0) is 24.9 Å². The van der Waals surface area contributed by atoms with Gasteiger partial charge in [0.25, 0.3) is 0 Å². The Morgan fingerprint density at radius 1 is 1.60 bits per heavy atom. The van der Waals surface area contributed by atoms with E-state index in [1.807, 2.05) is 30.9 Å². The van der Waals surface area contributed by atoms with Gasteiger partial charge in [0, 0.05) is 11.9 Å². The van der Waals surface area contributed by atoms with Gasteiger partial charge in [0.05, 0.1) is 18.8 Å². The lowest BCUT2D eigenvalue weighted by molar-refractivity contribution is 0.400. The summed E-state index contributed by atoms with van der Waals surface area (Å²) < 4.78 is 5.30. The van der Waals surface area contributed by atoms with Crippen molar-refractivity contribution in [1.29, 1.82) is 0 Å². The first-order valence-corrected chi connectivity index (χ1v) is 6.22. The van der Waals surface area contributed by atoms with Crippen LogP contribution in [0.25, 0.3) is 0 Å². The molecule has 0 fully saturated rings. The van der Waals surface area contributed by atoms with Crippen LogP contribution in [0.1, 0.15) is 18.7 Å². The number of hydrogen-bond donors (Lipinski definition) is 1. The Morgan fingerprint density at radius 3 is 3.00 bits per heavy atom. The molecule has 0 saturated heterocycles. The highest BCUT2D eigenvalue weighted by Gasteiger charge is 2.14. The van der Waals surface area contributed by atoms with Crippen molar-refractivity contribution in [3.63, 3.8) is 0 Å². The Kier molecular flexibility index (Phi) is 5.50. The van der Waals surface area contributed by atoms with Crippen molar-refractivity contribution in [3.8, 4) is 5.75 Å². The molecule has 1 atom stereocenters. The molecular formula is C11H18N2OS. The van der Waals surface area contributed by atoms with Crippen LogP contribution in [0.4, 0.5) is 0 Å². The molecule has 0 aliphatic heterocycles. The number of methoxy groups -OCH3 is 1. The average Bonchev–Trinajstić information content (AvgIpc) is 2.30. The van der Waals surface area contributed by atoms with Gasteiger partial charge >= 0.3 is 0 Å². The third kappa shape index (κ3) is 3.39. The maximum atomic E-state index is 5.30. The molecule has 1 unspecified atom stereocenters. The second-order valence-corrected chi connectivity index (χ2v) is 4.41. The number of nitrogens with one attached hydrogen (secondary N) is 1. The van der Waals surface area contributed by atoms with Gasteiger partial charge in [0.2, 0.25) is 0 Å². The molecule has 1 heterocycles. The first-order chi connectivity index (χ1) is 7.33. The lowest BCUT2D eigenvalue weighted by Gasteiger charge is -2.17. The molecule has 0 aliphatic carbocycles. The van der Waals surface area contributed by atoms with E-state index in [0.29, 0.717) is 0 Å². The van der Waals surface area contributed by atoms with Gasteiger partial charge in [-0.3, -0.25) is 4.98 Å². The smallest absolute Gasteiger partial charge is 0.142 e. The van der Waals surface area contributed by atoms with Crippen LogP contribution >= 0.6 is 11.8 Å². The summed E-state index contributed by atoms with van der Waals surface area (Å²) in [5.74, 6) is 2.99. The maximum absolute atomic E-state index is 5.30. The zero-order valence-corrected chi connectivity index (χ0v) is 10.3. The van der Waals surface area contributed by atoms with Gasteiger partial charge in [0.15, 0.2) is 0 Å². The monoisotopic (exact) mass is 226 g/mol. The van der Waals surface area contributed by atoms with E-state index >= 15 is 0 Å². The molecule has 1 aromatic heterocycles. The zero-order valence-electron chi connectivity index (χ0n) is 9.49. The average molecular weight is 226 g/mol. The number of hydrogen-bond acceptors (Lipinski definition) is 4. The summed E-state index contributed by atoms with van der Waals surface area (Å²) in [5, 5.41) is 3.26. The van der Waals surface area contributed by atoms with Crippen LogP contribution in [0.5, 0.6) is 5.75 Å². The van der Waals surface area contributed by atoms with Crippen molar-refractivity contribution >= 4 is 11.8 Å². The third-order valence-electron chi connectivity index (χ3n) is 2.19. The molecule has 0 amide bonds. The van der Waals surface area contributed by atoms with E-state index < -0.39 is 0 Å². The van der Waals surface area contributed by atoms with E-state index in [1.54, 1.807) is 13.3 Å². The fourth-order valence-corrected chi connectivity index (χ4v) is 2.17. The van der Waals surface area contributed by atoms with Crippen molar-refractivity contribution in [1.82, 2.24) is 10.3 Å². The minimum Gasteiger partial charge on any atom is -0.495 e. The molecule has 4 heteroatoms. The molecule has 1 rings (SSSR count). The lowest BCUT2D eigenvalue weighted by atomic mass is 10.2. The molecule has 0 radical (unpaired) electrons. The summed E-state index contributed by atoms with van der Waals surface area (Å²) >= 11 is 1.90. The van der Waals surface area contributed by atoms with Gasteiger partial charge < -0.3 is 10.1 Å². The van der Waals surface area contributed by atoms with Gasteiger partial charge in [-0.15, -0.1) is 0 Å². The minimum atomic E-state index is 0.256. The summed E-state index contributed by atoms with van der Waals surface area (Å²) in [6.07, 6.45) is 1.80. The Balaban J connectivity index is 2.80. The summed E-state index contributed by atoms with van der Waals surface area (Å²) in [7, 11) is 3.63. The summed E-state index contributed by atoms with van der Waals surface area (Å²) in [5.41, 5.74) is 0.989. The van der Waals surface area contributed by atoms with Crippen LogP contribution in [0.2, 0.25) is 0 Å². The fourth-order valence-electron chi connectivity index (χ4n) is 1.37. The quantitative estimate of drug-likeness (QED) is 0.805. The van der Waals surface area contributed by atoms with E-state index in [4.69, 9.17) is 4.74 Å². The van der Waals surface area contributed by atoms with Crippen LogP contribution in [0, 0.1) is 0 Å². The number of rotatable bonds is 6. The fraction of sp³-hybridized carbons (Fsp3) is 0.545. The van der Waals surface area contributed by atoms with E-state index in [1.165, 1.54) is 0 Å².